The van der Waals surface area contributed by atoms with E-state index in [0.717, 1.165) is 0 Å². The first-order valence-electron chi connectivity index (χ1n) is 6.12. The summed E-state index contributed by atoms with van der Waals surface area (Å²) in [6, 6.07) is 2.33. The van der Waals surface area contributed by atoms with E-state index in [9.17, 15) is 0 Å². The monoisotopic (exact) mass is 203 g/mol. The quantitative estimate of drug-likeness (QED) is 0.712. The maximum atomic E-state index is 4.84. The van der Waals surface area contributed by atoms with Gasteiger partial charge in [-0.15, -0.1) is 0 Å². The average molecular weight is 203 g/mol. The summed E-state index contributed by atoms with van der Waals surface area (Å²) in [4.78, 5) is 4.84. The average Bonchev–Trinajstić information content (AvgIpc) is 2.62. The molecule has 0 aromatic carbocycles. The standard InChI is InChI=1S/C14H21N/c1-9(2)13-8-11-6-5-7-12(11)14(15-13)10(3)4/h8-10H,5-7H2,1-4H3. The summed E-state index contributed by atoms with van der Waals surface area (Å²) >= 11 is 0. The van der Waals surface area contributed by atoms with Gasteiger partial charge in [-0.2, -0.15) is 0 Å². The van der Waals surface area contributed by atoms with Gasteiger partial charge in [0.05, 0.1) is 0 Å². The first-order valence-corrected chi connectivity index (χ1v) is 6.12. The van der Waals surface area contributed by atoms with E-state index in [-0.39, 0.29) is 0 Å². The predicted octanol–water partition coefficient (Wildman–Crippen LogP) is 3.82. The number of nitrogens with zero attached hydrogens (tertiary/aromatic N) is 1. The summed E-state index contributed by atoms with van der Waals surface area (Å²) in [7, 11) is 0. The number of fused-ring (bicyclic) bond motifs is 1. The summed E-state index contributed by atoms with van der Waals surface area (Å²) in [5, 5.41) is 0. The molecule has 0 spiro atoms. The molecule has 1 aromatic heterocycles. The lowest BCUT2D eigenvalue weighted by molar-refractivity contribution is 0.751. The van der Waals surface area contributed by atoms with E-state index in [1.165, 1.54) is 30.7 Å². The Morgan fingerprint density at radius 1 is 1.07 bits per heavy atom. The van der Waals surface area contributed by atoms with Gasteiger partial charge in [0.25, 0.3) is 0 Å². The third kappa shape index (κ3) is 1.92. The van der Waals surface area contributed by atoms with Crippen LogP contribution in [-0.2, 0) is 12.8 Å². The lowest BCUT2D eigenvalue weighted by atomic mass is 9.97. The van der Waals surface area contributed by atoms with E-state index in [4.69, 9.17) is 4.98 Å². The van der Waals surface area contributed by atoms with E-state index >= 15 is 0 Å². The van der Waals surface area contributed by atoms with Crippen molar-refractivity contribution in [3.05, 3.63) is 28.6 Å². The molecule has 2 rings (SSSR count). The van der Waals surface area contributed by atoms with Crippen molar-refractivity contribution < 1.29 is 0 Å². The van der Waals surface area contributed by atoms with Crippen LogP contribution in [0.2, 0.25) is 0 Å². The van der Waals surface area contributed by atoms with Crippen molar-refractivity contribution in [1.29, 1.82) is 0 Å². The first kappa shape index (κ1) is 10.7. The van der Waals surface area contributed by atoms with E-state index in [2.05, 4.69) is 33.8 Å². The molecule has 0 amide bonds. The second-order valence-corrected chi connectivity index (χ2v) is 5.23. The van der Waals surface area contributed by atoms with Crippen LogP contribution in [0.5, 0.6) is 0 Å². The molecule has 0 fully saturated rings. The van der Waals surface area contributed by atoms with Gasteiger partial charge in [0.15, 0.2) is 0 Å². The number of aromatic nitrogens is 1. The highest BCUT2D eigenvalue weighted by molar-refractivity contribution is 5.38. The van der Waals surface area contributed by atoms with E-state index in [1.807, 2.05) is 0 Å². The summed E-state index contributed by atoms with van der Waals surface area (Å²) in [6.07, 6.45) is 3.82. The number of hydrogen-bond donors (Lipinski definition) is 0. The zero-order chi connectivity index (χ0) is 11.0. The van der Waals surface area contributed by atoms with Crippen LogP contribution in [-0.4, -0.2) is 4.98 Å². The lowest BCUT2D eigenvalue weighted by Crippen LogP contribution is -2.04. The van der Waals surface area contributed by atoms with Gasteiger partial charge in [0.2, 0.25) is 0 Å². The van der Waals surface area contributed by atoms with Crippen molar-refractivity contribution in [3.8, 4) is 0 Å². The highest BCUT2D eigenvalue weighted by Gasteiger charge is 2.19. The van der Waals surface area contributed by atoms with Gasteiger partial charge in [0.1, 0.15) is 0 Å². The maximum absolute atomic E-state index is 4.84. The zero-order valence-electron chi connectivity index (χ0n) is 10.3. The number of rotatable bonds is 2. The van der Waals surface area contributed by atoms with E-state index < -0.39 is 0 Å². The fraction of sp³-hybridized carbons (Fsp3) is 0.643. The largest absolute Gasteiger partial charge is 0.257 e. The van der Waals surface area contributed by atoms with Crippen molar-refractivity contribution in [2.75, 3.05) is 0 Å². The van der Waals surface area contributed by atoms with E-state index in [0.29, 0.717) is 11.8 Å². The first-order chi connectivity index (χ1) is 7.09. The second kappa shape index (κ2) is 3.96. The van der Waals surface area contributed by atoms with Gasteiger partial charge >= 0.3 is 0 Å². The van der Waals surface area contributed by atoms with Crippen LogP contribution in [0.1, 0.15) is 68.5 Å². The van der Waals surface area contributed by atoms with Gasteiger partial charge in [-0.3, -0.25) is 4.98 Å². The summed E-state index contributed by atoms with van der Waals surface area (Å²) in [5.74, 6) is 1.11. The molecule has 1 aliphatic carbocycles. The van der Waals surface area contributed by atoms with E-state index in [1.54, 1.807) is 11.1 Å². The Labute approximate surface area is 92.9 Å². The molecule has 0 bridgehead atoms. The molecule has 1 aromatic rings. The second-order valence-electron chi connectivity index (χ2n) is 5.23. The van der Waals surface area contributed by atoms with Crippen molar-refractivity contribution in [3.63, 3.8) is 0 Å². The van der Waals surface area contributed by atoms with Crippen LogP contribution >= 0.6 is 0 Å². The third-order valence-corrected chi connectivity index (χ3v) is 3.28. The van der Waals surface area contributed by atoms with Gasteiger partial charge in [-0.05, 0) is 48.3 Å². The summed E-state index contributed by atoms with van der Waals surface area (Å²) in [5.41, 5.74) is 5.75. The Kier molecular flexibility index (Phi) is 2.81. The minimum Gasteiger partial charge on any atom is -0.257 e. The van der Waals surface area contributed by atoms with Crippen molar-refractivity contribution in [1.82, 2.24) is 4.98 Å². The van der Waals surface area contributed by atoms with Gasteiger partial charge in [0, 0.05) is 11.4 Å². The minimum atomic E-state index is 0.549. The predicted molar refractivity (Wildman–Crippen MR) is 64.4 cm³/mol. The van der Waals surface area contributed by atoms with Crippen LogP contribution in [0.25, 0.3) is 0 Å². The molecular weight excluding hydrogens is 182 g/mol. The Balaban J connectivity index is 2.52. The van der Waals surface area contributed by atoms with Crippen LogP contribution < -0.4 is 0 Å². The Hall–Kier alpha value is -0.850. The molecule has 0 unspecified atom stereocenters. The molecule has 1 heterocycles. The summed E-state index contributed by atoms with van der Waals surface area (Å²) < 4.78 is 0. The van der Waals surface area contributed by atoms with Gasteiger partial charge < -0.3 is 0 Å². The highest BCUT2D eigenvalue weighted by Crippen LogP contribution is 2.30. The normalized spacial score (nSPS) is 15.1. The zero-order valence-corrected chi connectivity index (χ0v) is 10.3. The van der Waals surface area contributed by atoms with Gasteiger partial charge in [-0.25, -0.2) is 0 Å². The number of aryl methyl sites for hydroxylation is 1. The lowest BCUT2D eigenvalue weighted by Gasteiger charge is -2.15. The molecule has 1 heteroatoms. The maximum Gasteiger partial charge on any atom is 0.0467 e. The molecule has 0 atom stereocenters. The molecule has 1 nitrogen and oxygen atoms in total. The molecule has 0 N–H and O–H groups in total. The van der Waals surface area contributed by atoms with Crippen LogP contribution in [0.4, 0.5) is 0 Å². The van der Waals surface area contributed by atoms with Crippen molar-refractivity contribution >= 4 is 0 Å². The minimum absolute atomic E-state index is 0.549. The van der Waals surface area contributed by atoms with Gasteiger partial charge in [-0.1, -0.05) is 27.7 Å². The number of pyridine rings is 1. The molecular formula is C14H21N. The molecule has 82 valence electrons. The molecule has 0 radical (unpaired) electrons. The smallest absolute Gasteiger partial charge is 0.0467 e. The number of hydrogen-bond acceptors (Lipinski definition) is 1. The fourth-order valence-corrected chi connectivity index (χ4v) is 2.41. The van der Waals surface area contributed by atoms with Crippen molar-refractivity contribution in [2.45, 2.75) is 58.8 Å². The summed E-state index contributed by atoms with van der Waals surface area (Å²) in [6.45, 7) is 8.97. The molecule has 0 saturated carbocycles. The van der Waals surface area contributed by atoms with Crippen molar-refractivity contribution in [2.24, 2.45) is 0 Å². The topological polar surface area (TPSA) is 12.9 Å². The molecule has 0 aliphatic heterocycles. The Bertz CT molecular complexity index is 364. The third-order valence-electron chi connectivity index (χ3n) is 3.28. The molecule has 0 saturated heterocycles. The Morgan fingerprint density at radius 2 is 1.80 bits per heavy atom. The van der Waals surface area contributed by atoms with Crippen LogP contribution in [0.15, 0.2) is 6.07 Å². The highest BCUT2D eigenvalue weighted by atomic mass is 14.7. The Morgan fingerprint density at radius 3 is 2.40 bits per heavy atom. The SMILES string of the molecule is CC(C)c1cc2c(c(C(C)C)n1)CCC2. The molecule has 15 heavy (non-hydrogen) atoms. The van der Waals surface area contributed by atoms with Crippen LogP contribution in [0.3, 0.4) is 0 Å². The fourth-order valence-electron chi connectivity index (χ4n) is 2.41. The van der Waals surface area contributed by atoms with Crippen LogP contribution in [0, 0.1) is 0 Å². The molecule has 1 aliphatic rings.